The molecule has 3 rings (SSSR count). The third kappa shape index (κ3) is 3.18. The highest BCUT2D eigenvalue weighted by molar-refractivity contribution is 7.98. The van der Waals surface area contributed by atoms with Crippen LogP contribution in [0.5, 0.6) is 0 Å². The molecule has 0 aromatic carbocycles. The van der Waals surface area contributed by atoms with Gasteiger partial charge in [0.1, 0.15) is 4.83 Å². The molecule has 0 saturated heterocycles. The fraction of sp³-hybridized carbons (Fsp3) is 0.267. The van der Waals surface area contributed by atoms with Crippen LogP contribution >= 0.6 is 23.1 Å². The number of rotatable bonds is 6. The summed E-state index contributed by atoms with van der Waals surface area (Å²) in [5.74, 6) is 0.528. The van der Waals surface area contributed by atoms with Crippen LogP contribution in [0.15, 0.2) is 39.5 Å². The van der Waals surface area contributed by atoms with Crippen molar-refractivity contribution in [1.82, 2.24) is 19.7 Å². The largest absolute Gasteiger partial charge is 0.301 e. The standard InChI is InChI=1S/C15H16N4O2S2/c1-3-5-19-14(21)11-7-10(4-2)23-13(11)16-15(19)22-8-9-6-12(20)18-17-9/h3,6-7H,1,4-5,8H2,2H3,(H2,17,18,20). The second kappa shape index (κ2) is 6.59. The summed E-state index contributed by atoms with van der Waals surface area (Å²) in [6.07, 6.45) is 2.57. The van der Waals surface area contributed by atoms with E-state index in [1.807, 2.05) is 6.07 Å². The summed E-state index contributed by atoms with van der Waals surface area (Å²) < 4.78 is 1.62. The van der Waals surface area contributed by atoms with Gasteiger partial charge in [-0.25, -0.2) is 4.98 Å². The van der Waals surface area contributed by atoms with E-state index in [-0.39, 0.29) is 11.1 Å². The molecule has 0 unspecified atom stereocenters. The van der Waals surface area contributed by atoms with Gasteiger partial charge in [-0.1, -0.05) is 24.8 Å². The molecular weight excluding hydrogens is 332 g/mol. The first-order valence-electron chi connectivity index (χ1n) is 7.16. The molecule has 0 bridgehead atoms. The maximum Gasteiger partial charge on any atom is 0.264 e. The minimum atomic E-state index is -0.168. The molecule has 6 nitrogen and oxygen atoms in total. The smallest absolute Gasteiger partial charge is 0.264 e. The average Bonchev–Trinajstić information content (AvgIpc) is 3.14. The molecule has 0 saturated carbocycles. The van der Waals surface area contributed by atoms with Crippen LogP contribution in [0.2, 0.25) is 0 Å². The van der Waals surface area contributed by atoms with E-state index in [1.54, 1.807) is 22.0 Å². The number of nitrogens with zero attached hydrogens (tertiary/aromatic N) is 2. The molecule has 0 amide bonds. The van der Waals surface area contributed by atoms with Crippen LogP contribution in [0.3, 0.4) is 0 Å². The second-order valence-electron chi connectivity index (χ2n) is 4.96. The van der Waals surface area contributed by atoms with E-state index in [2.05, 4.69) is 28.7 Å². The predicted molar refractivity (Wildman–Crippen MR) is 94.4 cm³/mol. The Balaban J connectivity index is 2.02. The zero-order valence-corrected chi connectivity index (χ0v) is 14.2. The van der Waals surface area contributed by atoms with Gasteiger partial charge in [-0.05, 0) is 12.5 Å². The molecule has 0 fully saturated rings. The van der Waals surface area contributed by atoms with Crippen molar-refractivity contribution in [2.24, 2.45) is 0 Å². The SMILES string of the molecule is C=CCn1c(SCc2cc(=O)[nH][nH]2)nc2sc(CC)cc2c1=O. The summed E-state index contributed by atoms with van der Waals surface area (Å²) in [4.78, 5) is 30.4. The van der Waals surface area contributed by atoms with E-state index < -0.39 is 0 Å². The van der Waals surface area contributed by atoms with Crippen molar-refractivity contribution >= 4 is 33.3 Å². The van der Waals surface area contributed by atoms with Crippen molar-refractivity contribution < 1.29 is 0 Å². The Morgan fingerprint density at radius 3 is 2.87 bits per heavy atom. The molecule has 0 spiro atoms. The van der Waals surface area contributed by atoms with Crippen molar-refractivity contribution in [3.8, 4) is 0 Å². The molecule has 3 heterocycles. The van der Waals surface area contributed by atoms with Crippen molar-refractivity contribution in [3.63, 3.8) is 0 Å². The third-order valence-corrected chi connectivity index (χ3v) is 5.53. The lowest BCUT2D eigenvalue weighted by atomic mass is 10.3. The fourth-order valence-electron chi connectivity index (χ4n) is 2.21. The molecule has 8 heteroatoms. The van der Waals surface area contributed by atoms with E-state index in [9.17, 15) is 9.59 Å². The summed E-state index contributed by atoms with van der Waals surface area (Å²) >= 11 is 2.97. The predicted octanol–water partition coefficient (Wildman–Crippen LogP) is 2.52. The monoisotopic (exact) mass is 348 g/mol. The van der Waals surface area contributed by atoms with Gasteiger partial charge >= 0.3 is 0 Å². The van der Waals surface area contributed by atoms with Gasteiger partial charge in [0, 0.05) is 28.9 Å². The van der Waals surface area contributed by atoms with Crippen molar-refractivity contribution in [2.75, 3.05) is 0 Å². The minimum absolute atomic E-state index is 0.0455. The Hall–Kier alpha value is -2.06. The van der Waals surface area contributed by atoms with Crippen LogP contribution in [0.1, 0.15) is 17.5 Å². The number of hydrogen-bond donors (Lipinski definition) is 2. The van der Waals surface area contributed by atoms with Gasteiger partial charge in [-0.15, -0.1) is 17.9 Å². The number of allylic oxidation sites excluding steroid dienone is 1. The highest BCUT2D eigenvalue weighted by Crippen LogP contribution is 2.26. The summed E-state index contributed by atoms with van der Waals surface area (Å²) in [5, 5.41) is 6.59. The zero-order chi connectivity index (χ0) is 16.4. The molecule has 0 radical (unpaired) electrons. The third-order valence-electron chi connectivity index (χ3n) is 3.34. The van der Waals surface area contributed by atoms with Gasteiger partial charge in [0.05, 0.1) is 5.39 Å². The van der Waals surface area contributed by atoms with Crippen LogP contribution in [0.25, 0.3) is 10.2 Å². The highest BCUT2D eigenvalue weighted by Gasteiger charge is 2.14. The number of aryl methyl sites for hydroxylation is 1. The number of fused-ring (bicyclic) bond motifs is 1. The normalized spacial score (nSPS) is 11.2. The van der Waals surface area contributed by atoms with Crippen LogP contribution in [0, 0.1) is 0 Å². The van der Waals surface area contributed by atoms with Gasteiger partial charge in [0.2, 0.25) is 0 Å². The van der Waals surface area contributed by atoms with E-state index in [0.29, 0.717) is 22.8 Å². The van der Waals surface area contributed by atoms with Gasteiger partial charge in [-0.3, -0.25) is 19.3 Å². The molecule has 2 N–H and O–H groups in total. The quantitative estimate of drug-likeness (QED) is 0.407. The van der Waals surface area contributed by atoms with Crippen molar-refractivity contribution in [1.29, 1.82) is 0 Å². The molecule has 0 aliphatic rings. The highest BCUT2D eigenvalue weighted by atomic mass is 32.2. The topological polar surface area (TPSA) is 83.5 Å². The van der Waals surface area contributed by atoms with Crippen molar-refractivity contribution in [2.45, 2.75) is 30.8 Å². The fourth-order valence-corrected chi connectivity index (χ4v) is 4.14. The van der Waals surface area contributed by atoms with E-state index in [0.717, 1.165) is 21.8 Å². The molecule has 3 aromatic rings. The lowest BCUT2D eigenvalue weighted by Gasteiger charge is -2.09. The minimum Gasteiger partial charge on any atom is -0.301 e. The van der Waals surface area contributed by atoms with Gasteiger partial charge in [-0.2, -0.15) is 0 Å². The number of thioether (sulfide) groups is 1. The number of hydrogen-bond acceptors (Lipinski definition) is 5. The summed E-state index contributed by atoms with van der Waals surface area (Å²) in [6.45, 7) is 6.18. The molecular formula is C15H16N4O2S2. The first-order valence-corrected chi connectivity index (χ1v) is 8.96. The maximum atomic E-state index is 12.7. The van der Waals surface area contributed by atoms with Crippen LogP contribution in [0.4, 0.5) is 0 Å². The lowest BCUT2D eigenvalue weighted by Crippen LogP contribution is -2.22. The van der Waals surface area contributed by atoms with Gasteiger partial charge in [0.25, 0.3) is 11.1 Å². The maximum absolute atomic E-state index is 12.7. The van der Waals surface area contributed by atoms with Crippen LogP contribution in [-0.2, 0) is 18.7 Å². The van der Waals surface area contributed by atoms with E-state index in [4.69, 9.17) is 0 Å². The van der Waals surface area contributed by atoms with E-state index in [1.165, 1.54) is 17.8 Å². The summed E-state index contributed by atoms with van der Waals surface area (Å²) in [5.41, 5.74) is 0.550. The van der Waals surface area contributed by atoms with Crippen LogP contribution < -0.4 is 11.1 Å². The zero-order valence-electron chi connectivity index (χ0n) is 12.6. The molecule has 0 aliphatic heterocycles. The van der Waals surface area contributed by atoms with Crippen LogP contribution in [-0.4, -0.2) is 19.7 Å². The van der Waals surface area contributed by atoms with E-state index >= 15 is 0 Å². The number of nitrogens with one attached hydrogen (secondary N) is 2. The number of aromatic nitrogens is 4. The molecule has 23 heavy (non-hydrogen) atoms. The number of H-pyrrole nitrogens is 2. The Labute approximate surface area is 140 Å². The van der Waals surface area contributed by atoms with Gasteiger partial charge in [0.15, 0.2) is 5.16 Å². The molecule has 3 aromatic heterocycles. The Morgan fingerprint density at radius 1 is 1.39 bits per heavy atom. The Kier molecular flexibility index (Phi) is 4.53. The lowest BCUT2D eigenvalue weighted by molar-refractivity contribution is 0.672. The Morgan fingerprint density at radius 2 is 2.22 bits per heavy atom. The number of thiophene rings is 1. The first-order chi connectivity index (χ1) is 11.1. The second-order valence-corrected chi connectivity index (χ2v) is 7.01. The Bertz CT molecular complexity index is 964. The average molecular weight is 348 g/mol. The molecule has 120 valence electrons. The molecule has 0 aliphatic carbocycles. The molecule has 0 atom stereocenters. The van der Waals surface area contributed by atoms with Gasteiger partial charge < -0.3 is 5.10 Å². The van der Waals surface area contributed by atoms with Crippen molar-refractivity contribution in [3.05, 3.63) is 56.1 Å². The number of aromatic amines is 2. The first kappa shape index (κ1) is 15.8. The summed E-state index contributed by atoms with van der Waals surface area (Å²) in [7, 11) is 0. The summed E-state index contributed by atoms with van der Waals surface area (Å²) in [6, 6.07) is 3.43.